The zero-order valence-electron chi connectivity index (χ0n) is 10.9. The van der Waals surface area contributed by atoms with E-state index in [9.17, 15) is 4.79 Å². The van der Waals surface area contributed by atoms with E-state index in [1.54, 1.807) is 17.8 Å². The van der Waals surface area contributed by atoms with Gasteiger partial charge in [-0.1, -0.05) is 39.5 Å². The lowest BCUT2D eigenvalue weighted by molar-refractivity contribution is 0.803. The third-order valence-corrected chi connectivity index (χ3v) is 4.40. The van der Waals surface area contributed by atoms with E-state index in [-0.39, 0.29) is 5.56 Å². The van der Waals surface area contributed by atoms with Crippen molar-refractivity contribution in [3.05, 3.63) is 22.1 Å². The molecular weight excluding hydrogens is 252 g/mol. The molecule has 5 heteroatoms. The fraction of sp³-hybridized carbons (Fsp3) is 0.667. The van der Waals surface area contributed by atoms with Gasteiger partial charge in [0.15, 0.2) is 5.16 Å². The van der Waals surface area contributed by atoms with Gasteiger partial charge in [-0.25, -0.2) is 4.98 Å². The van der Waals surface area contributed by atoms with Gasteiger partial charge < -0.3 is 4.98 Å². The molecule has 0 aliphatic rings. The fourth-order valence-electron chi connectivity index (χ4n) is 1.22. The van der Waals surface area contributed by atoms with Gasteiger partial charge in [0.1, 0.15) is 0 Å². The van der Waals surface area contributed by atoms with Crippen LogP contribution in [0.4, 0.5) is 0 Å². The van der Waals surface area contributed by atoms with Crippen LogP contribution >= 0.6 is 23.5 Å². The SMILES string of the molecule is CCc1cc(=O)[nH]c(SCCSC(C)(C)C)n1. The molecule has 17 heavy (non-hydrogen) atoms. The molecule has 0 atom stereocenters. The Bertz CT molecular complexity index is 410. The molecule has 0 aromatic carbocycles. The maximum absolute atomic E-state index is 11.3. The summed E-state index contributed by atoms with van der Waals surface area (Å²) in [5.74, 6) is 2.03. The van der Waals surface area contributed by atoms with Gasteiger partial charge in [-0.2, -0.15) is 11.8 Å². The third kappa shape index (κ3) is 6.17. The normalized spacial score (nSPS) is 11.8. The molecular formula is C12H20N2OS2. The first-order valence-corrected chi connectivity index (χ1v) is 7.75. The van der Waals surface area contributed by atoms with Crippen molar-refractivity contribution in [3.63, 3.8) is 0 Å². The molecule has 1 rings (SSSR count). The summed E-state index contributed by atoms with van der Waals surface area (Å²) in [4.78, 5) is 18.5. The van der Waals surface area contributed by atoms with Gasteiger partial charge in [-0.05, 0) is 6.42 Å². The minimum Gasteiger partial charge on any atom is -0.301 e. The fourth-order valence-corrected chi connectivity index (χ4v) is 3.05. The van der Waals surface area contributed by atoms with Crippen molar-refractivity contribution >= 4 is 23.5 Å². The Hall–Kier alpha value is -0.420. The topological polar surface area (TPSA) is 45.8 Å². The van der Waals surface area contributed by atoms with E-state index in [2.05, 4.69) is 30.7 Å². The molecule has 0 spiro atoms. The number of aromatic nitrogens is 2. The van der Waals surface area contributed by atoms with Crippen LogP contribution in [-0.4, -0.2) is 26.2 Å². The van der Waals surface area contributed by atoms with E-state index < -0.39 is 0 Å². The van der Waals surface area contributed by atoms with Crippen molar-refractivity contribution in [1.29, 1.82) is 0 Å². The molecule has 1 N–H and O–H groups in total. The summed E-state index contributed by atoms with van der Waals surface area (Å²) in [6.07, 6.45) is 0.800. The first-order chi connectivity index (χ1) is 7.90. The lowest BCUT2D eigenvalue weighted by Gasteiger charge is -2.16. The molecule has 1 aromatic rings. The van der Waals surface area contributed by atoms with Crippen LogP contribution in [0.3, 0.4) is 0 Å². The summed E-state index contributed by atoms with van der Waals surface area (Å²) in [7, 11) is 0. The number of hydrogen-bond acceptors (Lipinski definition) is 4. The number of aromatic amines is 1. The number of nitrogens with zero attached hydrogens (tertiary/aromatic N) is 1. The second kappa shape index (κ2) is 6.50. The molecule has 1 heterocycles. The largest absolute Gasteiger partial charge is 0.301 e. The number of nitrogens with one attached hydrogen (secondary N) is 1. The van der Waals surface area contributed by atoms with Crippen LogP contribution in [0, 0.1) is 0 Å². The summed E-state index contributed by atoms with van der Waals surface area (Å²) in [5.41, 5.74) is 0.808. The highest BCUT2D eigenvalue weighted by atomic mass is 32.2. The van der Waals surface area contributed by atoms with Gasteiger partial charge in [0, 0.05) is 28.0 Å². The second-order valence-electron chi connectivity index (χ2n) is 4.70. The van der Waals surface area contributed by atoms with E-state index in [4.69, 9.17) is 0 Å². The first kappa shape index (κ1) is 14.6. The minimum atomic E-state index is -0.0529. The summed E-state index contributed by atoms with van der Waals surface area (Å²) in [6.45, 7) is 8.63. The van der Waals surface area contributed by atoms with E-state index in [0.717, 1.165) is 28.8 Å². The monoisotopic (exact) mass is 272 g/mol. The smallest absolute Gasteiger partial charge is 0.251 e. The van der Waals surface area contributed by atoms with Crippen molar-refractivity contribution in [2.24, 2.45) is 0 Å². The molecule has 0 fully saturated rings. The molecule has 96 valence electrons. The number of rotatable bonds is 5. The lowest BCUT2D eigenvalue weighted by Crippen LogP contribution is -2.11. The Morgan fingerprint density at radius 1 is 1.35 bits per heavy atom. The zero-order valence-corrected chi connectivity index (χ0v) is 12.5. The Morgan fingerprint density at radius 2 is 2.06 bits per heavy atom. The summed E-state index contributed by atoms with van der Waals surface area (Å²) >= 11 is 3.54. The highest BCUT2D eigenvalue weighted by Gasteiger charge is 2.10. The third-order valence-electron chi connectivity index (χ3n) is 1.99. The molecule has 0 bridgehead atoms. The van der Waals surface area contributed by atoms with Gasteiger partial charge in [0.25, 0.3) is 5.56 Å². The molecule has 3 nitrogen and oxygen atoms in total. The van der Waals surface area contributed by atoms with Crippen molar-refractivity contribution in [2.75, 3.05) is 11.5 Å². The predicted molar refractivity (Wildman–Crippen MR) is 77.2 cm³/mol. The van der Waals surface area contributed by atoms with Gasteiger partial charge in [-0.3, -0.25) is 4.79 Å². The standard InChI is InChI=1S/C12H20N2OS2/c1-5-9-8-10(15)14-11(13-9)16-6-7-17-12(2,3)4/h8H,5-7H2,1-4H3,(H,13,14,15). The lowest BCUT2D eigenvalue weighted by atomic mass is 10.3. The molecule has 0 radical (unpaired) electrons. The molecule has 0 aliphatic heterocycles. The van der Waals surface area contributed by atoms with E-state index in [1.165, 1.54) is 0 Å². The van der Waals surface area contributed by atoms with Crippen molar-refractivity contribution < 1.29 is 0 Å². The Kier molecular flexibility index (Phi) is 5.59. The van der Waals surface area contributed by atoms with Crippen LogP contribution in [0.1, 0.15) is 33.4 Å². The molecule has 1 aromatic heterocycles. The molecule has 0 aliphatic carbocycles. The van der Waals surface area contributed by atoms with Crippen molar-refractivity contribution in [2.45, 2.75) is 44.0 Å². The minimum absolute atomic E-state index is 0.0529. The highest BCUT2D eigenvalue weighted by molar-refractivity contribution is 8.03. The summed E-state index contributed by atoms with van der Waals surface area (Å²) < 4.78 is 0.298. The van der Waals surface area contributed by atoms with E-state index in [0.29, 0.717) is 4.75 Å². The van der Waals surface area contributed by atoms with Crippen LogP contribution < -0.4 is 5.56 Å². The average molecular weight is 272 g/mol. The van der Waals surface area contributed by atoms with Crippen LogP contribution in [0.25, 0.3) is 0 Å². The average Bonchev–Trinajstić information content (AvgIpc) is 2.22. The van der Waals surface area contributed by atoms with Crippen LogP contribution in [-0.2, 0) is 6.42 Å². The molecule has 0 saturated carbocycles. The summed E-state index contributed by atoms with van der Waals surface area (Å²) in [6, 6.07) is 1.56. The van der Waals surface area contributed by atoms with E-state index in [1.807, 2.05) is 18.7 Å². The molecule has 0 unspecified atom stereocenters. The van der Waals surface area contributed by atoms with Crippen LogP contribution in [0.5, 0.6) is 0 Å². The Labute approximate surface area is 111 Å². The number of hydrogen-bond donors (Lipinski definition) is 1. The second-order valence-corrected chi connectivity index (χ2v) is 7.71. The maximum atomic E-state index is 11.3. The van der Waals surface area contributed by atoms with Crippen LogP contribution in [0.2, 0.25) is 0 Å². The molecule has 0 amide bonds. The number of thioether (sulfide) groups is 2. The molecule has 0 saturated heterocycles. The van der Waals surface area contributed by atoms with Gasteiger partial charge in [-0.15, -0.1) is 0 Å². The van der Waals surface area contributed by atoms with Gasteiger partial charge in [0.05, 0.1) is 0 Å². The quantitative estimate of drug-likeness (QED) is 0.508. The number of aryl methyl sites for hydroxylation is 1. The van der Waals surface area contributed by atoms with Gasteiger partial charge in [0.2, 0.25) is 0 Å². The zero-order chi connectivity index (χ0) is 12.9. The first-order valence-electron chi connectivity index (χ1n) is 5.77. The number of H-pyrrole nitrogens is 1. The maximum Gasteiger partial charge on any atom is 0.251 e. The summed E-state index contributed by atoms with van der Waals surface area (Å²) in [5, 5.41) is 0.740. The Morgan fingerprint density at radius 3 is 2.65 bits per heavy atom. The van der Waals surface area contributed by atoms with E-state index >= 15 is 0 Å². The van der Waals surface area contributed by atoms with Crippen molar-refractivity contribution in [1.82, 2.24) is 9.97 Å². The highest BCUT2D eigenvalue weighted by Crippen LogP contribution is 2.24. The van der Waals surface area contributed by atoms with Crippen LogP contribution in [0.15, 0.2) is 16.0 Å². The van der Waals surface area contributed by atoms with Crippen molar-refractivity contribution in [3.8, 4) is 0 Å². The Balaban J connectivity index is 2.47. The van der Waals surface area contributed by atoms with Gasteiger partial charge >= 0.3 is 0 Å². The predicted octanol–water partition coefficient (Wildman–Crippen LogP) is 2.96.